The predicted octanol–water partition coefficient (Wildman–Crippen LogP) is 5.86. The Hall–Kier alpha value is -2.45. The molecule has 0 aliphatic heterocycles. The second-order valence-electron chi connectivity index (χ2n) is 7.38. The summed E-state index contributed by atoms with van der Waals surface area (Å²) in [6, 6.07) is 9.14. The molecule has 3 aromatic rings. The van der Waals surface area contributed by atoms with Crippen LogP contribution in [0, 0.1) is 5.95 Å². The third-order valence-electron chi connectivity index (χ3n) is 3.76. The van der Waals surface area contributed by atoms with Crippen LogP contribution in [0.25, 0.3) is 11.1 Å². The zero-order valence-corrected chi connectivity index (χ0v) is 18.3. The fourth-order valence-electron chi connectivity index (χ4n) is 2.50. The number of ether oxygens (including phenoxy) is 1. The standard InChI is InChI=1S/C21H22FN3O2S2/c1-21(2,3)27-20(26)25(4)13-15-12-17(16-6-5-9-24-18(16)22)19(29-15)28-14-7-10-23-11-8-14/h5-12H,13H2,1-4H3. The van der Waals surface area contributed by atoms with Gasteiger partial charge in [0.05, 0.1) is 10.8 Å². The molecular formula is C21H22FN3O2S2. The SMILES string of the molecule is CN(Cc1cc(-c2cccnc2F)c(Sc2ccncc2)s1)C(=O)OC(C)(C)C. The van der Waals surface area contributed by atoms with Gasteiger partial charge in [-0.25, -0.2) is 9.78 Å². The van der Waals surface area contributed by atoms with Gasteiger partial charge in [0.1, 0.15) is 5.60 Å². The first-order valence-corrected chi connectivity index (χ1v) is 10.6. The molecule has 0 aliphatic carbocycles. The molecule has 29 heavy (non-hydrogen) atoms. The number of hydrogen-bond acceptors (Lipinski definition) is 6. The Kier molecular flexibility index (Phi) is 6.54. The largest absolute Gasteiger partial charge is 0.444 e. The molecule has 0 saturated carbocycles. The van der Waals surface area contributed by atoms with E-state index in [1.165, 1.54) is 34.2 Å². The number of pyridine rings is 2. The van der Waals surface area contributed by atoms with Crippen LogP contribution < -0.4 is 0 Å². The van der Waals surface area contributed by atoms with Gasteiger partial charge in [0.2, 0.25) is 5.95 Å². The Labute approximate surface area is 178 Å². The number of carbonyl (C=O) groups excluding carboxylic acids is 1. The molecule has 0 radical (unpaired) electrons. The zero-order valence-electron chi connectivity index (χ0n) is 16.7. The van der Waals surface area contributed by atoms with Crippen molar-refractivity contribution in [2.75, 3.05) is 7.05 Å². The average Bonchev–Trinajstić information content (AvgIpc) is 3.03. The van der Waals surface area contributed by atoms with Crippen LogP contribution in [-0.4, -0.2) is 33.6 Å². The van der Waals surface area contributed by atoms with Crippen molar-refractivity contribution in [1.29, 1.82) is 0 Å². The lowest BCUT2D eigenvalue weighted by Crippen LogP contribution is -2.33. The Morgan fingerprint density at radius 1 is 1.21 bits per heavy atom. The first-order valence-electron chi connectivity index (χ1n) is 8.98. The highest BCUT2D eigenvalue weighted by Crippen LogP contribution is 2.42. The maximum Gasteiger partial charge on any atom is 0.410 e. The molecule has 3 heterocycles. The summed E-state index contributed by atoms with van der Waals surface area (Å²) in [5.74, 6) is -0.520. The Balaban J connectivity index is 1.90. The molecule has 0 N–H and O–H groups in total. The van der Waals surface area contributed by atoms with E-state index in [4.69, 9.17) is 4.74 Å². The molecule has 152 valence electrons. The number of aromatic nitrogens is 2. The molecule has 0 spiro atoms. The first-order chi connectivity index (χ1) is 13.7. The summed E-state index contributed by atoms with van der Waals surface area (Å²) in [4.78, 5) is 23.5. The van der Waals surface area contributed by atoms with Gasteiger partial charge in [0.15, 0.2) is 0 Å². The predicted molar refractivity (Wildman–Crippen MR) is 114 cm³/mol. The van der Waals surface area contributed by atoms with Crippen molar-refractivity contribution >= 4 is 29.2 Å². The zero-order chi connectivity index (χ0) is 21.0. The number of rotatable bonds is 5. The van der Waals surface area contributed by atoms with Gasteiger partial charge in [0.25, 0.3) is 0 Å². The summed E-state index contributed by atoms with van der Waals surface area (Å²) >= 11 is 3.05. The van der Waals surface area contributed by atoms with Crippen LogP contribution in [0.15, 0.2) is 58.0 Å². The summed E-state index contributed by atoms with van der Waals surface area (Å²) in [6.07, 6.45) is 4.47. The van der Waals surface area contributed by atoms with Gasteiger partial charge in [-0.05, 0) is 51.1 Å². The van der Waals surface area contributed by atoms with Crippen LogP contribution in [0.3, 0.4) is 0 Å². The summed E-state index contributed by atoms with van der Waals surface area (Å²) in [5.41, 5.74) is 0.633. The topological polar surface area (TPSA) is 55.3 Å². The van der Waals surface area contributed by atoms with E-state index in [1.54, 1.807) is 31.6 Å². The molecule has 8 heteroatoms. The number of nitrogens with zero attached hydrogens (tertiary/aromatic N) is 3. The minimum absolute atomic E-state index is 0.366. The molecule has 0 unspecified atom stereocenters. The lowest BCUT2D eigenvalue weighted by molar-refractivity contribution is 0.0287. The lowest BCUT2D eigenvalue weighted by atomic mass is 10.1. The Morgan fingerprint density at radius 2 is 1.93 bits per heavy atom. The highest BCUT2D eigenvalue weighted by molar-refractivity contribution is 8.01. The molecule has 0 saturated heterocycles. The van der Waals surface area contributed by atoms with E-state index in [1.807, 2.05) is 39.0 Å². The molecule has 0 atom stereocenters. The maximum absolute atomic E-state index is 14.4. The maximum atomic E-state index is 14.4. The van der Waals surface area contributed by atoms with Crippen LogP contribution in [0.5, 0.6) is 0 Å². The molecule has 3 rings (SSSR count). The quantitative estimate of drug-likeness (QED) is 0.474. The third kappa shape index (κ3) is 5.77. The van der Waals surface area contributed by atoms with Crippen LogP contribution in [0.4, 0.5) is 9.18 Å². The van der Waals surface area contributed by atoms with Crippen molar-refractivity contribution in [3.8, 4) is 11.1 Å². The monoisotopic (exact) mass is 431 g/mol. The normalized spacial score (nSPS) is 11.3. The number of amides is 1. The minimum Gasteiger partial charge on any atom is -0.444 e. The third-order valence-corrected chi connectivity index (χ3v) is 6.08. The van der Waals surface area contributed by atoms with Gasteiger partial charge in [-0.15, -0.1) is 11.3 Å². The summed E-state index contributed by atoms with van der Waals surface area (Å²) in [5, 5.41) is 0. The van der Waals surface area contributed by atoms with Crippen molar-refractivity contribution < 1.29 is 13.9 Å². The van der Waals surface area contributed by atoms with E-state index in [9.17, 15) is 9.18 Å². The van der Waals surface area contributed by atoms with Crippen molar-refractivity contribution in [2.45, 2.75) is 42.0 Å². The van der Waals surface area contributed by atoms with Gasteiger partial charge in [0, 0.05) is 46.5 Å². The molecule has 0 fully saturated rings. The second-order valence-corrected chi connectivity index (χ2v) is 9.86. The number of carbonyl (C=O) groups is 1. The Morgan fingerprint density at radius 3 is 2.59 bits per heavy atom. The molecule has 0 aromatic carbocycles. The van der Waals surface area contributed by atoms with Crippen molar-refractivity contribution in [2.24, 2.45) is 0 Å². The highest BCUT2D eigenvalue weighted by Gasteiger charge is 2.22. The number of hydrogen-bond donors (Lipinski definition) is 0. The number of thiophene rings is 1. The van der Waals surface area contributed by atoms with Gasteiger partial charge >= 0.3 is 6.09 Å². The van der Waals surface area contributed by atoms with E-state index in [-0.39, 0.29) is 0 Å². The van der Waals surface area contributed by atoms with Crippen molar-refractivity contribution in [1.82, 2.24) is 14.9 Å². The molecule has 1 amide bonds. The van der Waals surface area contributed by atoms with Gasteiger partial charge in [-0.1, -0.05) is 11.8 Å². The van der Waals surface area contributed by atoms with E-state index in [0.717, 1.165) is 19.5 Å². The molecule has 0 bridgehead atoms. The van der Waals surface area contributed by atoms with Gasteiger partial charge in [-0.3, -0.25) is 4.98 Å². The van der Waals surface area contributed by atoms with E-state index in [0.29, 0.717) is 12.1 Å². The highest BCUT2D eigenvalue weighted by atomic mass is 32.2. The molecule has 5 nitrogen and oxygen atoms in total. The van der Waals surface area contributed by atoms with Gasteiger partial charge < -0.3 is 9.64 Å². The molecule has 0 aliphatic rings. The molecular weight excluding hydrogens is 409 g/mol. The van der Waals surface area contributed by atoms with Crippen molar-refractivity contribution in [3.05, 3.63) is 59.7 Å². The fourth-order valence-corrected chi connectivity index (χ4v) is 4.98. The summed E-state index contributed by atoms with van der Waals surface area (Å²) in [6.45, 7) is 5.86. The molecule has 3 aromatic heterocycles. The fraction of sp³-hybridized carbons (Fsp3) is 0.286. The minimum atomic E-state index is -0.562. The van der Waals surface area contributed by atoms with Crippen molar-refractivity contribution in [3.63, 3.8) is 0 Å². The smallest absolute Gasteiger partial charge is 0.410 e. The summed E-state index contributed by atoms with van der Waals surface area (Å²) in [7, 11) is 1.69. The lowest BCUT2D eigenvalue weighted by Gasteiger charge is -2.24. The van der Waals surface area contributed by atoms with E-state index >= 15 is 0 Å². The summed E-state index contributed by atoms with van der Waals surface area (Å²) < 4.78 is 20.7. The van der Waals surface area contributed by atoms with Crippen LogP contribution in [0.1, 0.15) is 25.6 Å². The first kappa shape index (κ1) is 21.3. The van der Waals surface area contributed by atoms with E-state index in [2.05, 4.69) is 9.97 Å². The second kappa shape index (κ2) is 8.92. The van der Waals surface area contributed by atoms with Gasteiger partial charge in [-0.2, -0.15) is 4.39 Å². The Bertz CT molecular complexity index is 987. The average molecular weight is 432 g/mol. The van der Waals surface area contributed by atoms with E-state index < -0.39 is 17.6 Å². The van der Waals surface area contributed by atoms with Crippen LogP contribution in [-0.2, 0) is 11.3 Å². The number of halogens is 1. The van der Waals surface area contributed by atoms with Crippen LogP contribution in [0.2, 0.25) is 0 Å². The van der Waals surface area contributed by atoms with Crippen LogP contribution >= 0.6 is 23.1 Å².